The van der Waals surface area contributed by atoms with E-state index in [0.29, 0.717) is 5.92 Å². The van der Waals surface area contributed by atoms with Crippen LogP contribution in [-0.4, -0.2) is 36.1 Å². The van der Waals surface area contributed by atoms with E-state index in [9.17, 15) is 9.59 Å². The SMILES string of the molecule is CC(C)(C)[C@@H](NC(=O)CNCC1CC1)C(=O)O. The van der Waals surface area contributed by atoms with Crippen molar-refractivity contribution in [2.24, 2.45) is 11.3 Å². The molecule has 1 amide bonds. The van der Waals surface area contributed by atoms with Crippen molar-refractivity contribution >= 4 is 11.9 Å². The molecular weight excluding hydrogens is 220 g/mol. The van der Waals surface area contributed by atoms with Crippen molar-refractivity contribution in [3.63, 3.8) is 0 Å². The molecule has 1 fully saturated rings. The normalized spacial score (nSPS) is 17.6. The second-order valence-electron chi connectivity index (χ2n) is 5.78. The summed E-state index contributed by atoms with van der Waals surface area (Å²) in [6.45, 7) is 6.42. The molecule has 0 heterocycles. The van der Waals surface area contributed by atoms with E-state index in [4.69, 9.17) is 5.11 Å². The van der Waals surface area contributed by atoms with Crippen LogP contribution < -0.4 is 10.6 Å². The van der Waals surface area contributed by atoms with Crippen LogP contribution in [0.2, 0.25) is 0 Å². The molecule has 17 heavy (non-hydrogen) atoms. The van der Waals surface area contributed by atoms with Crippen LogP contribution in [0.25, 0.3) is 0 Å². The van der Waals surface area contributed by atoms with E-state index in [1.165, 1.54) is 12.8 Å². The van der Waals surface area contributed by atoms with Crippen LogP contribution in [0.15, 0.2) is 0 Å². The van der Waals surface area contributed by atoms with Gasteiger partial charge in [-0.2, -0.15) is 0 Å². The zero-order valence-corrected chi connectivity index (χ0v) is 10.7. The van der Waals surface area contributed by atoms with Gasteiger partial charge in [-0.25, -0.2) is 4.79 Å². The van der Waals surface area contributed by atoms with Crippen LogP contribution in [0.4, 0.5) is 0 Å². The van der Waals surface area contributed by atoms with Gasteiger partial charge in [0.15, 0.2) is 0 Å². The average molecular weight is 242 g/mol. The Morgan fingerprint density at radius 3 is 2.35 bits per heavy atom. The fourth-order valence-electron chi connectivity index (χ4n) is 1.57. The Bertz CT molecular complexity index is 293. The highest BCUT2D eigenvalue weighted by Gasteiger charge is 2.32. The lowest BCUT2D eigenvalue weighted by Crippen LogP contribution is -2.51. The first-order valence-corrected chi connectivity index (χ1v) is 6.03. The Labute approximate surface area is 102 Å². The molecule has 1 atom stereocenters. The largest absolute Gasteiger partial charge is 0.480 e. The van der Waals surface area contributed by atoms with Crippen molar-refractivity contribution in [1.82, 2.24) is 10.6 Å². The lowest BCUT2D eigenvalue weighted by molar-refractivity contribution is -0.144. The van der Waals surface area contributed by atoms with E-state index >= 15 is 0 Å². The summed E-state index contributed by atoms with van der Waals surface area (Å²) in [5.41, 5.74) is -0.488. The first-order valence-electron chi connectivity index (χ1n) is 6.03. The predicted octanol–water partition coefficient (Wildman–Crippen LogP) is 0.601. The molecule has 5 heteroatoms. The maximum Gasteiger partial charge on any atom is 0.326 e. The van der Waals surface area contributed by atoms with Crippen LogP contribution in [-0.2, 0) is 9.59 Å². The molecule has 0 aromatic rings. The predicted molar refractivity (Wildman–Crippen MR) is 64.6 cm³/mol. The maximum absolute atomic E-state index is 11.6. The number of hydrogen-bond donors (Lipinski definition) is 3. The van der Waals surface area contributed by atoms with Gasteiger partial charge in [0.1, 0.15) is 6.04 Å². The number of carbonyl (C=O) groups excluding carboxylic acids is 1. The molecule has 0 aromatic heterocycles. The molecular formula is C12H22N2O3. The summed E-state index contributed by atoms with van der Waals surface area (Å²) in [4.78, 5) is 22.6. The third-order valence-corrected chi connectivity index (χ3v) is 2.83. The van der Waals surface area contributed by atoms with E-state index in [0.717, 1.165) is 6.54 Å². The van der Waals surface area contributed by atoms with Crippen molar-refractivity contribution in [3.8, 4) is 0 Å². The molecule has 3 N–H and O–H groups in total. The summed E-state index contributed by atoms with van der Waals surface area (Å²) in [6.07, 6.45) is 2.46. The zero-order valence-electron chi connectivity index (χ0n) is 10.7. The van der Waals surface area contributed by atoms with E-state index in [2.05, 4.69) is 10.6 Å². The van der Waals surface area contributed by atoms with Crippen molar-refractivity contribution < 1.29 is 14.7 Å². The van der Waals surface area contributed by atoms with Crippen LogP contribution in [0, 0.1) is 11.3 Å². The van der Waals surface area contributed by atoms with Gasteiger partial charge in [0.05, 0.1) is 6.54 Å². The topological polar surface area (TPSA) is 78.4 Å². The van der Waals surface area contributed by atoms with Gasteiger partial charge in [-0.05, 0) is 30.7 Å². The number of carbonyl (C=O) groups is 2. The van der Waals surface area contributed by atoms with E-state index in [-0.39, 0.29) is 12.5 Å². The van der Waals surface area contributed by atoms with Gasteiger partial charge in [-0.3, -0.25) is 4.79 Å². The molecule has 98 valence electrons. The Morgan fingerprint density at radius 1 is 1.35 bits per heavy atom. The molecule has 1 aliphatic rings. The van der Waals surface area contributed by atoms with Crippen molar-refractivity contribution in [2.45, 2.75) is 39.7 Å². The van der Waals surface area contributed by atoms with Gasteiger partial charge >= 0.3 is 5.97 Å². The molecule has 0 radical (unpaired) electrons. The van der Waals surface area contributed by atoms with Crippen molar-refractivity contribution in [1.29, 1.82) is 0 Å². The molecule has 1 saturated carbocycles. The number of aliphatic carboxylic acids is 1. The van der Waals surface area contributed by atoms with E-state index < -0.39 is 17.4 Å². The van der Waals surface area contributed by atoms with Gasteiger partial charge in [-0.1, -0.05) is 20.8 Å². The minimum atomic E-state index is -0.993. The zero-order chi connectivity index (χ0) is 13.1. The van der Waals surface area contributed by atoms with Crippen molar-refractivity contribution in [3.05, 3.63) is 0 Å². The highest BCUT2D eigenvalue weighted by Crippen LogP contribution is 2.27. The third kappa shape index (κ3) is 5.17. The smallest absolute Gasteiger partial charge is 0.326 e. The standard InChI is InChI=1S/C12H22N2O3/c1-12(2,3)10(11(16)17)14-9(15)7-13-6-8-4-5-8/h8,10,13H,4-7H2,1-3H3,(H,14,15)(H,16,17)/t10-/m0/s1. The molecule has 0 aromatic carbocycles. The first-order chi connectivity index (χ1) is 7.80. The van der Waals surface area contributed by atoms with Crippen LogP contribution in [0.1, 0.15) is 33.6 Å². The summed E-state index contributed by atoms with van der Waals surface area (Å²) in [6, 6.07) is -0.849. The van der Waals surface area contributed by atoms with Crippen LogP contribution in [0.3, 0.4) is 0 Å². The maximum atomic E-state index is 11.6. The molecule has 0 aliphatic heterocycles. The number of rotatable bonds is 6. The Balaban J connectivity index is 2.32. The van der Waals surface area contributed by atoms with Gasteiger partial charge in [-0.15, -0.1) is 0 Å². The number of nitrogens with one attached hydrogen (secondary N) is 2. The van der Waals surface area contributed by atoms with Crippen LogP contribution >= 0.6 is 0 Å². The van der Waals surface area contributed by atoms with E-state index in [1.807, 2.05) is 0 Å². The summed E-state index contributed by atoms with van der Waals surface area (Å²) >= 11 is 0. The number of hydrogen-bond acceptors (Lipinski definition) is 3. The number of carboxylic acid groups (broad SMARTS) is 1. The monoisotopic (exact) mass is 242 g/mol. The quantitative estimate of drug-likeness (QED) is 0.637. The van der Waals surface area contributed by atoms with E-state index in [1.54, 1.807) is 20.8 Å². The summed E-state index contributed by atoms with van der Waals surface area (Å²) in [5.74, 6) is -0.540. The molecule has 1 rings (SSSR count). The lowest BCUT2D eigenvalue weighted by atomic mass is 9.87. The van der Waals surface area contributed by atoms with Gasteiger partial charge in [0.2, 0.25) is 5.91 Å². The molecule has 0 bridgehead atoms. The summed E-state index contributed by atoms with van der Waals surface area (Å²) in [5, 5.41) is 14.6. The minimum Gasteiger partial charge on any atom is -0.480 e. The molecule has 0 saturated heterocycles. The fraction of sp³-hybridized carbons (Fsp3) is 0.833. The van der Waals surface area contributed by atoms with Crippen LogP contribution in [0.5, 0.6) is 0 Å². The molecule has 0 unspecified atom stereocenters. The average Bonchev–Trinajstić information content (AvgIpc) is 2.95. The second kappa shape index (κ2) is 5.49. The fourth-order valence-corrected chi connectivity index (χ4v) is 1.57. The highest BCUT2D eigenvalue weighted by molar-refractivity contribution is 5.85. The minimum absolute atomic E-state index is 0.191. The number of amides is 1. The summed E-state index contributed by atoms with van der Waals surface area (Å²) < 4.78 is 0. The Hall–Kier alpha value is -1.10. The first kappa shape index (κ1) is 14.0. The van der Waals surface area contributed by atoms with Gasteiger partial charge in [0.25, 0.3) is 0 Å². The third-order valence-electron chi connectivity index (χ3n) is 2.83. The molecule has 0 spiro atoms. The second-order valence-corrected chi connectivity index (χ2v) is 5.78. The summed E-state index contributed by atoms with van der Waals surface area (Å²) in [7, 11) is 0. The van der Waals surface area contributed by atoms with Crippen molar-refractivity contribution in [2.75, 3.05) is 13.1 Å². The Morgan fingerprint density at radius 2 is 1.94 bits per heavy atom. The highest BCUT2D eigenvalue weighted by atomic mass is 16.4. The van der Waals surface area contributed by atoms with Gasteiger partial charge in [0, 0.05) is 0 Å². The Kier molecular flexibility index (Phi) is 4.51. The lowest BCUT2D eigenvalue weighted by Gasteiger charge is -2.27. The van der Waals surface area contributed by atoms with Gasteiger partial charge < -0.3 is 15.7 Å². The molecule has 1 aliphatic carbocycles. The number of carboxylic acids is 1. The molecule has 5 nitrogen and oxygen atoms in total.